The summed E-state index contributed by atoms with van der Waals surface area (Å²) in [5.41, 5.74) is 10.4. The molecule has 1 saturated heterocycles. The summed E-state index contributed by atoms with van der Waals surface area (Å²) < 4.78 is 23.6. The topological polar surface area (TPSA) is 135 Å². The largest absolute Gasteiger partial charge is 0.388 e. The molecule has 0 aromatic heterocycles. The van der Waals surface area contributed by atoms with Crippen LogP contribution in [0, 0.1) is 0 Å². The van der Waals surface area contributed by atoms with E-state index in [9.17, 15) is 9.90 Å². The summed E-state index contributed by atoms with van der Waals surface area (Å²) in [6, 6.07) is 18.4. The molecule has 182 valence electrons. The summed E-state index contributed by atoms with van der Waals surface area (Å²) in [5, 5.41) is 17.3. The third kappa shape index (κ3) is 7.81. The summed E-state index contributed by atoms with van der Waals surface area (Å²) in [4.78, 5) is 14.6. The molecule has 0 aliphatic carbocycles. The number of ether oxygens (including phenoxy) is 4. The van der Waals surface area contributed by atoms with Crippen molar-refractivity contribution in [3.05, 3.63) is 82.2 Å². The quantitative estimate of drug-likeness (QED) is 0.212. The highest BCUT2D eigenvalue weighted by molar-refractivity contribution is 5.73. The lowest BCUT2D eigenvalue weighted by Gasteiger charge is -2.44. The van der Waals surface area contributed by atoms with E-state index in [1.54, 1.807) is 0 Å². The molecular weight excluding hydrogens is 440 g/mol. The van der Waals surface area contributed by atoms with Gasteiger partial charge in [0.15, 0.2) is 6.29 Å². The normalized spacial score (nSPS) is 24.2. The number of benzene rings is 2. The number of rotatable bonds is 12. The van der Waals surface area contributed by atoms with Gasteiger partial charge in [-0.25, -0.2) is 0 Å². The summed E-state index contributed by atoms with van der Waals surface area (Å²) in [6.07, 6.45) is -3.62. The van der Waals surface area contributed by atoms with Gasteiger partial charge < -0.3 is 29.4 Å². The Morgan fingerprint density at radius 1 is 1.09 bits per heavy atom. The number of nitrogens with zero attached hydrogens (tertiary/aromatic N) is 3. The van der Waals surface area contributed by atoms with Gasteiger partial charge in [0.25, 0.3) is 0 Å². The highest BCUT2D eigenvalue weighted by atomic mass is 16.7. The minimum atomic E-state index is -1.09. The van der Waals surface area contributed by atoms with Crippen molar-refractivity contribution in [1.82, 2.24) is 5.32 Å². The number of nitrogens with one attached hydrogen (secondary N) is 1. The Morgan fingerprint density at radius 3 is 2.35 bits per heavy atom. The molecule has 34 heavy (non-hydrogen) atoms. The monoisotopic (exact) mass is 470 g/mol. The maximum Gasteiger partial charge on any atom is 0.217 e. The number of amides is 1. The third-order valence-corrected chi connectivity index (χ3v) is 5.26. The molecule has 10 heteroatoms. The molecule has 0 unspecified atom stereocenters. The van der Waals surface area contributed by atoms with Gasteiger partial charge in [0, 0.05) is 18.4 Å². The number of carbonyl (C=O) groups excluding carboxylic acids is 1. The van der Waals surface area contributed by atoms with Crippen LogP contribution in [0.25, 0.3) is 10.4 Å². The fourth-order valence-electron chi connectivity index (χ4n) is 3.67. The molecule has 5 atom stereocenters. The molecule has 2 aromatic rings. The molecule has 10 nitrogen and oxygen atoms in total. The maximum absolute atomic E-state index is 11.9. The van der Waals surface area contributed by atoms with E-state index in [0.717, 1.165) is 11.1 Å². The molecule has 0 bridgehead atoms. The Labute approximate surface area is 198 Å². The molecule has 0 spiro atoms. The van der Waals surface area contributed by atoms with E-state index >= 15 is 0 Å². The minimum absolute atomic E-state index is 0.0733. The van der Waals surface area contributed by atoms with Crippen LogP contribution in [0.4, 0.5) is 0 Å². The van der Waals surface area contributed by atoms with Crippen LogP contribution in [0.2, 0.25) is 0 Å². The van der Waals surface area contributed by atoms with Crippen molar-refractivity contribution in [3.63, 3.8) is 0 Å². The Kier molecular flexibility index (Phi) is 10.3. The zero-order chi connectivity index (χ0) is 24.2. The van der Waals surface area contributed by atoms with Gasteiger partial charge in [-0.2, -0.15) is 0 Å². The first-order chi connectivity index (χ1) is 16.6. The molecule has 1 amide bonds. The van der Waals surface area contributed by atoms with Crippen LogP contribution in [-0.2, 0) is 37.0 Å². The highest BCUT2D eigenvalue weighted by Crippen LogP contribution is 2.26. The van der Waals surface area contributed by atoms with Gasteiger partial charge in [0.2, 0.25) is 5.91 Å². The van der Waals surface area contributed by atoms with Gasteiger partial charge in [-0.3, -0.25) is 4.79 Å². The van der Waals surface area contributed by atoms with Crippen molar-refractivity contribution >= 4 is 5.91 Å². The average Bonchev–Trinajstić information content (AvgIpc) is 2.84. The smallest absolute Gasteiger partial charge is 0.217 e. The third-order valence-electron chi connectivity index (χ3n) is 5.26. The van der Waals surface area contributed by atoms with Gasteiger partial charge in [0.05, 0.1) is 26.4 Å². The van der Waals surface area contributed by atoms with E-state index in [2.05, 4.69) is 15.3 Å². The molecule has 2 N–H and O–H groups in total. The van der Waals surface area contributed by atoms with Crippen LogP contribution in [0.1, 0.15) is 18.1 Å². The molecule has 1 fully saturated rings. The van der Waals surface area contributed by atoms with Crippen molar-refractivity contribution in [1.29, 1.82) is 0 Å². The van der Waals surface area contributed by atoms with E-state index < -0.39 is 30.6 Å². The number of hydrogen-bond donors (Lipinski definition) is 2. The Morgan fingerprint density at radius 2 is 1.74 bits per heavy atom. The lowest BCUT2D eigenvalue weighted by molar-refractivity contribution is -0.280. The standard InChI is InChI=1S/C24H30N4O6/c1-17(29)27-21-23(33-15-19-10-6-3-7-11-19)22(30)20(34-24(21)32-13-12-26-28-25)16-31-14-18-8-4-2-5-9-18/h2-11,20-24,30H,12-16H2,1H3,(H,27,29)/t20-,21-,22-,23-,24-/m1/s1. The molecular formula is C24H30N4O6. The van der Waals surface area contributed by atoms with Crippen LogP contribution < -0.4 is 5.32 Å². The second-order valence-electron chi connectivity index (χ2n) is 7.85. The number of hydrogen-bond acceptors (Lipinski definition) is 7. The first kappa shape index (κ1) is 25.6. The van der Waals surface area contributed by atoms with Crippen LogP contribution in [-0.4, -0.2) is 61.4 Å². The fourth-order valence-corrected chi connectivity index (χ4v) is 3.67. The van der Waals surface area contributed by atoms with Crippen molar-refractivity contribution < 1.29 is 28.8 Å². The van der Waals surface area contributed by atoms with Gasteiger partial charge >= 0.3 is 0 Å². The predicted octanol–water partition coefficient (Wildman–Crippen LogP) is 2.71. The fraction of sp³-hybridized carbons (Fsp3) is 0.458. The van der Waals surface area contributed by atoms with Gasteiger partial charge in [-0.1, -0.05) is 65.8 Å². The first-order valence-electron chi connectivity index (χ1n) is 11.1. The lowest BCUT2D eigenvalue weighted by Crippen LogP contribution is -2.65. The van der Waals surface area contributed by atoms with Crippen LogP contribution in [0.5, 0.6) is 0 Å². The Bertz CT molecular complexity index is 926. The molecule has 1 aliphatic heterocycles. The van der Waals surface area contributed by atoms with Crippen molar-refractivity contribution in [3.8, 4) is 0 Å². The van der Waals surface area contributed by atoms with E-state index in [4.69, 9.17) is 24.5 Å². The number of carbonyl (C=O) groups is 1. The SMILES string of the molecule is CC(=O)N[C@H]1[C@H](OCCN=[N+]=[N-])O[C@H](COCc2ccccc2)[C@@H](O)[C@@H]1OCc1ccccc1. The maximum atomic E-state index is 11.9. The summed E-state index contributed by atoms with van der Waals surface area (Å²) >= 11 is 0. The zero-order valence-corrected chi connectivity index (χ0v) is 19.0. The molecule has 0 saturated carbocycles. The van der Waals surface area contributed by atoms with Crippen molar-refractivity contribution in [2.45, 2.75) is 50.8 Å². The molecule has 1 aliphatic rings. The zero-order valence-electron chi connectivity index (χ0n) is 19.0. The van der Waals surface area contributed by atoms with Crippen LogP contribution in [0.15, 0.2) is 65.8 Å². The highest BCUT2D eigenvalue weighted by Gasteiger charge is 2.47. The van der Waals surface area contributed by atoms with Gasteiger partial charge in [0.1, 0.15) is 24.4 Å². The Hall–Kier alpha value is -2.98. The van der Waals surface area contributed by atoms with Gasteiger partial charge in [-0.05, 0) is 16.7 Å². The number of aliphatic hydroxyl groups excluding tert-OH is 1. The van der Waals surface area contributed by atoms with E-state index in [1.807, 2.05) is 60.7 Å². The van der Waals surface area contributed by atoms with Gasteiger partial charge in [-0.15, -0.1) is 0 Å². The second-order valence-corrected chi connectivity index (χ2v) is 7.85. The van der Waals surface area contributed by atoms with E-state index in [-0.39, 0.29) is 32.3 Å². The summed E-state index contributed by atoms with van der Waals surface area (Å²) in [7, 11) is 0. The van der Waals surface area contributed by atoms with Crippen molar-refractivity contribution in [2.24, 2.45) is 5.11 Å². The predicted molar refractivity (Wildman–Crippen MR) is 123 cm³/mol. The average molecular weight is 471 g/mol. The van der Waals surface area contributed by atoms with Crippen LogP contribution in [0.3, 0.4) is 0 Å². The first-order valence-corrected chi connectivity index (χ1v) is 11.1. The number of azide groups is 1. The lowest BCUT2D eigenvalue weighted by atomic mass is 9.96. The summed E-state index contributed by atoms with van der Waals surface area (Å²) in [5.74, 6) is -0.323. The second kappa shape index (κ2) is 13.7. The van der Waals surface area contributed by atoms with E-state index in [1.165, 1.54) is 6.92 Å². The summed E-state index contributed by atoms with van der Waals surface area (Å²) in [6.45, 7) is 2.19. The minimum Gasteiger partial charge on any atom is -0.388 e. The molecule has 3 rings (SSSR count). The Balaban J connectivity index is 1.73. The van der Waals surface area contributed by atoms with Crippen LogP contribution >= 0.6 is 0 Å². The number of aliphatic hydroxyl groups is 1. The molecule has 1 heterocycles. The molecule has 0 radical (unpaired) electrons. The van der Waals surface area contributed by atoms with Crippen molar-refractivity contribution in [2.75, 3.05) is 19.8 Å². The molecule has 2 aromatic carbocycles. The van der Waals surface area contributed by atoms with E-state index in [0.29, 0.717) is 6.61 Å².